The first-order chi connectivity index (χ1) is 10.4. The maximum Gasteiger partial charge on any atom is 0.349 e. The van der Waals surface area contributed by atoms with Gasteiger partial charge in [0, 0.05) is 24.5 Å². The van der Waals surface area contributed by atoms with Crippen LogP contribution in [0.1, 0.15) is 30.6 Å². The summed E-state index contributed by atoms with van der Waals surface area (Å²) in [6.07, 6.45) is 0.734. The molecule has 1 amide bonds. The third-order valence-corrected chi connectivity index (χ3v) is 4.47. The molecule has 2 N–H and O–H groups in total. The molecule has 1 aromatic heterocycles. The number of fused-ring (bicyclic) bond motifs is 1. The number of amides is 1. The van der Waals surface area contributed by atoms with E-state index in [-0.39, 0.29) is 22.9 Å². The number of benzene rings is 1. The summed E-state index contributed by atoms with van der Waals surface area (Å²) < 4.78 is 5.25. The van der Waals surface area contributed by atoms with E-state index in [1.54, 1.807) is 23.1 Å². The van der Waals surface area contributed by atoms with Crippen LogP contribution >= 0.6 is 0 Å². The molecule has 1 saturated heterocycles. The molecule has 1 aliphatic heterocycles. The first kappa shape index (κ1) is 14.8. The van der Waals surface area contributed by atoms with Crippen LogP contribution in [0.3, 0.4) is 0 Å². The molecule has 2 aromatic rings. The molecule has 0 saturated carbocycles. The Hall–Kier alpha value is -2.14. The van der Waals surface area contributed by atoms with Crippen molar-refractivity contribution in [3.63, 3.8) is 0 Å². The van der Waals surface area contributed by atoms with Crippen LogP contribution in [0.5, 0.6) is 0 Å². The van der Waals surface area contributed by atoms with Crippen LogP contribution in [0.25, 0.3) is 11.0 Å². The molecule has 0 radical (unpaired) electrons. The molecule has 116 valence electrons. The minimum atomic E-state index is -0.587. The fraction of sp³-hybridized carbons (Fsp3) is 0.412. The largest absolute Gasteiger partial charge is 0.422 e. The molecule has 1 fully saturated rings. The van der Waals surface area contributed by atoms with E-state index < -0.39 is 5.63 Å². The van der Waals surface area contributed by atoms with Crippen molar-refractivity contribution >= 4 is 16.9 Å². The third kappa shape index (κ3) is 2.52. The Morgan fingerprint density at radius 2 is 2.09 bits per heavy atom. The zero-order valence-electron chi connectivity index (χ0n) is 12.8. The Bertz CT molecular complexity index is 779. The molecular weight excluding hydrogens is 280 g/mol. The van der Waals surface area contributed by atoms with E-state index in [4.69, 9.17) is 10.2 Å². The van der Waals surface area contributed by atoms with Crippen LogP contribution in [-0.4, -0.2) is 29.9 Å². The topological polar surface area (TPSA) is 76.5 Å². The molecule has 5 heteroatoms. The summed E-state index contributed by atoms with van der Waals surface area (Å²) in [7, 11) is 0. The normalized spacial score (nSPS) is 21.0. The smallest absolute Gasteiger partial charge is 0.349 e. The van der Waals surface area contributed by atoms with Crippen LogP contribution in [0.2, 0.25) is 0 Å². The molecule has 22 heavy (non-hydrogen) atoms. The number of hydrogen-bond donors (Lipinski definition) is 1. The standard InChI is InChI=1S/C17H20N2O3/c1-17(2)10-19(8-7-14(17)18)15(20)12-9-11-5-3-4-6-13(11)22-16(12)21/h3-6,9,14H,7-8,10,18H2,1-2H3. The van der Waals surface area contributed by atoms with Gasteiger partial charge in [0.1, 0.15) is 11.1 Å². The SMILES string of the molecule is CC1(C)CN(C(=O)c2cc3ccccc3oc2=O)CCC1N. The number of carbonyl (C=O) groups is 1. The molecule has 0 spiro atoms. The van der Waals surface area contributed by atoms with E-state index in [2.05, 4.69) is 0 Å². The predicted molar refractivity (Wildman–Crippen MR) is 84.8 cm³/mol. The van der Waals surface area contributed by atoms with Crippen LogP contribution in [0, 0.1) is 5.41 Å². The number of hydrogen-bond acceptors (Lipinski definition) is 4. The van der Waals surface area contributed by atoms with Gasteiger partial charge in [-0.25, -0.2) is 4.79 Å². The fourth-order valence-electron chi connectivity index (χ4n) is 2.93. The predicted octanol–water partition coefficient (Wildman–Crippen LogP) is 1.99. The quantitative estimate of drug-likeness (QED) is 0.817. The number of para-hydroxylation sites is 1. The van der Waals surface area contributed by atoms with Crippen molar-refractivity contribution in [2.45, 2.75) is 26.3 Å². The van der Waals surface area contributed by atoms with Gasteiger partial charge in [-0.3, -0.25) is 4.79 Å². The van der Waals surface area contributed by atoms with Gasteiger partial charge < -0.3 is 15.1 Å². The first-order valence-electron chi connectivity index (χ1n) is 7.46. The highest BCUT2D eigenvalue weighted by Gasteiger charge is 2.36. The van der Waals surface area contributed by atoms with E-state index in [1.807, 2.05) is 26.0 Å². The minimum absolute atomic E-state index is 0.0598. The summed E-state index contributed by atoms with van der Waals surface area (Å²) in [5, 5.41) is 0.749. The molecule has 5 nitrogen and oxygen atoms in total. The van der Waals surface area contributed by atoms with Crippen LogP contribution in [-0.2, 0) is 0 Å². The Morgan fingerprint density at radius 1 is 1.36 bits per heavy atom. The summed E-state index contributed by atoms with van der Waals surface area (Å²) in [6.45, 7) is 5.19. The summed E-state index contributed by atoms with van der Waals surface area (Å²) in [5.41, 5.74) is 5.93. The number of nitrogens with two attached hydrogens (primary N) is 1. The highest BCUT2D eigenvalue weighted by Crippen LogP contribution is 2.28. The van der Waals surface area contributed by atoms with Gasteiger partial charge in [0.05, 0.1) is 0 Å². The van der Waals surface area contributed by atoms with Crippen molar-refractivity contribution in [2.75, 3.05) is 13.1 Å². The molecule has 0 bridgehead atoms. The van der Waals surface area contributed by atoms with Gasteiger partial charge in [-0.15, -0.1) is 0 Å². The fourth-order valence-corrected chi connectivity index (χ4v) is 2.93. The van der Waals surface area contributed by atoms with Crippen molar-refractivity contribution in [3.05, 3.63) is 46.3 Å². The number of rotatable bonds is 1. The van der Waals surface area contributed by atoms with Gasteiger partial charge in [-0.05, 0) is 24.0 Å². The lowest BCUT2D eigenvalue weighted by molar-refractivity contribution is 0.0529. The van der Waals surface area contributed by atoms with Gasteiger partial charge in [0.15, 0.2) is 0 Å². The van der Waals surface area contributed by atoms with Crippen molar-refractivity contribution in [2.24, 2.45) is 11.1 Å². The molecule has 1 atom stereocenters. The number of piperidine rings is 1. The highest BCUT2D eigenvalue weighted by atomic mass is 16.4. The average molecular weight is 300 g/mol. The van der Waals surface area contributed by atoms with Gasteiger partial charge >= 0.3 is 5.63 Å². The Morgan fingerprint density at radius 3 is 2.82 bits per heavy atom. The lowest BCUT2D eigenvalue weighted by atomic mass is 9.79. The van der Waals surface area contributed by atoms with E-state index in [0.717, 1.165) is 11.8 Å². The highest BCUT2D eigenvalue weighted by molar-refractivity contribution is 5.96. The summed E-state index contributed by atoms with van der Waals surface area (Å²) in [4.78, 5) is 26.5. The second-order valence-electron chi connectivity index (χ2n) is 6.60. The summed E-state index contributed by atoms with van der Waals surface area (Å²) >= 11 is 0. The molecular formula is C17H20N2O3. The number of nitrogens with zero attached hydrogens (tertiary/aromatic N) is 1. The van der Waals surface area contributed by atoms with Crippen molar-refractivity contribution in [1.82, 2.24) is 4.90 Å². The zero-order valence-corrected chi connectivity index (χ0v) is 12.8. The van der Waals surface area contributed by atoms with Gasteiger partial charge in [-0.2, -0.15) is 0 Å². The van der Waals surface area contributed by atoms with Gasteiger partial charge in [-0.1, -0.05) is 32.0 Å². The Labute approximate surface area is 128 Å². The third-order valence-electron chi connectivity index (χ3n) is 4.47. The second kappa shape index (κ2) is 5.25. The maximum absolute atomic E-state index is 12.7. The number of carbonyl (C=O) groups excluding carboxylic acids is 1. The lowest BCUT2D eigenvalue weighted by Gasteiger charge is -2.42. The summed E-state index contributed by atoms with van der Waals surface area (Å²) in [6, 6.07) is 8.86. The Kier molecular flexibility index (Phi) is 3.53. The Balaban J connectivity index is 1.95. The average Bonchev–Trinajstić information content (AvgIpc) is 2.48. The summed E-state index contributed by atoms with van der Waals surface area (Å²) in [5.74, 6) is -0.278. The van der Waals surface area contributed by atoms with Crippen LogP contribution in [0.4, 0.5) is 0 Å². The van der Waals surface area contributed by atoms with Crippen LogP contribution in [0.15, 0.2) is 39.5 Å². The van der Waals surface area contributed by atoms with E-state index in [1.165, 1.54) is 0 Å². The molecule has 3 rings (SSSR count). The molecule has 1 aromatic carbocycles. The monoisotopic (exact) mass is 300 g/mol. The lowest BCUT2D eigenvalue weighted by Crippen LogP contribution is -2.54. The first-order valence-corrected chi connectivity index (χ1v) is 7.46. The van der Waals surface area contributed by atoms with Gasteiger partial charge in [0.2, 0.25) is 0 Å². The minimum Gasteiger partial charge on any atom is -0.422 e. The number of likely N-dealkylation sites (tertiary alicyclic amines) is 1. The molecule has 0 aliphatic carbocycles. The van der Waals surface area contributed by atoms with Crippen molar-refractivity contribution in [1.29, 1.82) is 0 Å². The molecule has 1 unspecified atom stereocenters. The van der Waals surface area contributed by atoms with E-state index in [0.29, 0.717) is 18.7 Å². The maximum atomic E-state index is 12.7. The molecule has 1 aliphatic rings. The van der Waals surface area contributed by atoms with Crippen LogP contribution < -0.4 is 11.4 Å². The van der Waals surface area contributed by atoms with Crippen molar-refractivity contribution < 1.29 is 9.21 Å². The second-order valence-corrected chi connectivity index (χ2v) is 6.60. The zero-order chi connectivity index (χ0) is 15.9. The van der Waals surface area contributed by atoms with Gasteiger partial charge in [0.25, 0.3) is 5.91 Å². The van der Waals surface area contributed by atoms with E-state index in [9.17, 15) is 9.59 Å². The molecule has 2 heterocycles. The van der Waals surface area contributed by atoms with E-state index >= 15 is 0 Å². The van der Waals surface area contributed by atoms with Crippen molar-refractivity contribution in [3.8, 4) is 0 Å².